The molecule has 7 nitrogen and oxygen atoms in total. The van der Waals surface area contributed by atoms with Gasteiger partial charge in [0.25, 0.3) is 5.91 Å². The van der Waals surface area contributed by atoms with E-state index in [-0.39, 0.29) is 24.1 Å². The second-order valence-corrected chi connectivity index (χ2v) is 7.56. The number of carbonyl (C=O) groups excluding carboxylic acids is 2. The van der Waals surface area contributed by atoms with Gasteiger partial charge in [0.1, 0.15) is 6.54 Å². The summed E-state index contributed by atoms with van der Waals surface area (Å²) in [5.41, 5.74) is 4.14. The van der Waals surface area contributed by atoms with Crippen LogP contribution in [0.25, 0.3) is 0 Å². The molecule has 0 saturated carbocycles. The molecule has 29 heavy (non-hydrogen) atoms. The summed E-state index contributed by atoms with van der Waals surface area (Å²) in [7, 11) is 0. The predicted octanol–water partition coefficient (Wildman–Crippen LogP) is 3.82. The van der Waals surface area contributed by atoms with Crippen molar-refractivity contribution in [2.45, 2.75) is 32.2 Å². The van der Waals surface area contributed by atoms with E-state index in [1.165, 1.54) is 4.68 Å². The molecule has 2 aromatic carbocycles. The summed E-state index contributed by atoms with van der Waals surface area (Å²) < 4.78 is 1.42. The smallest absolute Gasteiger partial charge is 0.278 e. The molecule has 0 aliphatic carbocycles. The van der Waals surface area contributed by atoms with Crippen molar-refractivity contribution in [3.05, 3.63) is 65.0 Å². The van der Waals surface area contributed by atoms with Crippen LogP contribution in [0.1, 0.15) is 27.3 Å². The number of hydrogen-bond donors (Lipinski definition) is 2. The molecule has 0 radical (unpaired) electrons. The van der Waals surface area contributed by atoms with Crippen molar-refractivity contribution in [3.8, 4) is 0 Å². The number of aryl methyl sites for hydroxylation is 2. The molecule has 8 heteroatoms. The molecule has 0 bridgehead atoms. The number of benzene rings is 2. The number of para-hydroxylation sites is 1. The van der Waals surface area contributed by atoms with Crippen LogP contribution in [0.3, 0.4) is 0 Å². The SMILES string of the molecule is CSc1cccc(NC(=O)Cn2nnc(C(=O)Nc3c(C)cccc3C)c2C)c1. The van der Waals surface area contributed by atoms with E-state index >= 15 is 0 Å². The number of rotatable bonds is 6. The number of aromatic nitrogens is 3. The Hall–Kier alpha value is -3.13. The fraction of sp³-hybridized carbons (Fsp3) is 0.238. The zero-order valence-electron chi connectivity index (χ0n) is 16.8. The lowest BCUT2D eigenvalue weighted by Crippen LogP contribution is -2.21. The highest BCUT2D eigenvalue weighted by Crippen LogP contribution is 2.21. The molecule has 150 valence electrons. The summed E-state index contributed by atoms with van der Waals surface area (Å²) in [4.78, 5) is 26.1. The Morgan fingerprint density at radius 1 is 1.03 bits per heavy atom. The first-order chi connectivity index (χ1) is 13.9. The molecule has 0 saturated heterocycles. The quantitative estimate of drug-likeness (QED) is 0.604. The van der Waals surface area contributed by atoms with E-state index in [4.69, 9.17) is 0 Å². The van der Waals surface area contributed by atoms with Crippen molar-refractivity contribution in [1.29, 1.82) is 0 Å². The van der Waals surface area contributed by atoms with Crippen LogP contribution in [0.4, 0.5) is 11.4 Å². The minimum absolute atomic E-state index is 0.0288. The Kier molecular flexibility index (Phi) is 6.33. The van der Waals surface area contributed by atoms with Crippen LogP contribution in [0.5, 0.6) is 0 Å². The largest absolute Gasteiger partial charge is 0.324 e. The lowest BCUT2D eigenvalue weighted by Gasteiger charge is -2.10. The maximum Gasteiger partial charge on any atom is 0.278 e. The summed E-state index contributed by atoms with van der Waals surface area (Å²) in [6.07, 6.45) is 1.98. The van der Waals surface area contributed by atoms with Gasteiger partial charge in [-0.05, 0) is 56.4 Å². The van der Waals surface area contributed by atoms with Crippen LogP contribution >= 0.6 is 11.8 Å². The maximum absolute atomic E-state index is 12.7. The van der Waals surface area contributed by atoms with Gasteiger partial charge in [0.2, 0.25) is 5.91 Å². The van der Waals surface area contributed by atoms with Gasteiger partial charge in [-0.1, -0.05) is 29.5 Å². The number of nitrogens with one attached hydrogen (secondary N) is 2. The van der Waals surface area contributed by atoms with Crippen molar-refractivity contribution >= 4 is 35.0 Å². The first kappa shape index (κ1) is 20.6. The maximum atomic E-state index is 12.7. The number of carbonyl (C=O) groups is 2. The van der Waals surface area contributed by atoms with Crippen LogP contribution in [0.2, 0.25) is 0 Å². The van der Waals surface area contributed by atoms with Gasteiger partial charge in [-0.25, -0.2) is 4.68 Å². The first-order valence-corrected chi connectivity index (χ1v) is 10.3. The van der Waals surface area contributed by atoms with Gasteiger partial charge in [0.15, 0.2) is 5.69 Å². The Morgan fingerprint density at radius 2 is 1.72 bits per heavy atom. The number of nitrogens with zero attached hydrogens (tertiary/aromatic N) is 3. The van der Waals surface area contributed by atoms with Crippen molar-refractivity contribution in [3.63, 3.8) is 0 Å². The van der Waals surface area contributed by atoms with Crippen molar-refractivity contribution in [2.75, 3.05) is 16.9 Å². The normalized spacial score (nSPS) is 10.6. The summed E-state index contributed by atoms with van der Waals surface area (Å²) in [5, 5.41) is 13.7. The Bertz CT molecular complexity index is 1040. The molecule has 0 spiro atoms. The zero-order chi connectivity index (χ0) is 21.0. The van der Waals surface area contributed by atoms with Crippen molar-refractivity contribution in [2.24, 2.45) is 0 Å². The summed E-state index contributed by atoms with van der Waals surface area (Å²) in [5.74, 6) is -0.586. The van der Waals surface area contributed by atoms with Gasteiger partial charge < -0.3 is 10.6 Å². The van der Waals surface area contributed by atoms with E-state index in [1.54, 1.807) is 18.7 Å². The Labute approximate surface area is 173 Å². The highest BCUT2D eigenvalue weighted by Gasteiger charge is 2.19. The van der Waals surface area contributed by atoms with Crippen LogP contribution in [0.15, 0.2) is 47.4 Å². The Morgan fingerprint density at radius 3 is 2.41 bits per heavy atom. The summed E-state index contributed by atoms with van der Waals surface area (Å²) >= 11 is 1.60. The molecule has 1 aromatic heterocycles. The van der Waals surface area contributed by atoms with Crippen LogP contribution < -0.4 is 10.6 Å². The molecular weight excluding hydrogens is 386 g/mol. The molecule has 3 aromatic rings. The molecule has 0 aliphatic heterocycles. The summed E-state index contributed by atoms with van der Waals surface area (Å²) in [6, 6.07) is 13.4. The average Bonchev–Trinajstić information content (AvgIpc) is 3.05. The number of amides is 2. The van der Waals surface area contributed by atoms with Gasteiger partial charge in [-0.2, -0.15) is 0 Å². The lowest BCUT2D eigenvalue weighted by atomic mass is 10.1. The molecule has 0 fully saturated rings. The fourth-order valence-corrected chi connectivity index (χ4v) is 3.40. The van der Waals surface area contributed by atoms with E-state index in [0.717, 1.165) is 21.7 Å². The predicted molar refractivity (Wildman–Crippen MR) is 115 cm³/mol. The third kappa shape index (κ3) is 4.83. The van der Waals surface area contributed by atoms with E-state index in [1.807, 2.05) is 62.6 Å². The number of thioether (sulfide) groups is 1. The highest BCUT2D eigenvalue weighted by molar-refractivity contribution is 7.98. The van der Waals surface area contributed by atoms with Crippen LogP contribution in [-0.4, -0.2) is 33.1 Å². The average molecular weight is 410 g/mol. The van der Waals surface area contributed by atoms with Gasteiger partial charge in [0.05, 0.1) is 5.69 Å². The van der Waals surface area contributed by atoms with Gasteiger partial charge >= 0.3 is 0 Å². The molecule has 1 heterocycles. The lowest BCUT2D eigenvalue weighted by molar-refractivity contribution is -0.117. The molecule has 0 atom stereocenters. The molecule has 2 N–H and O–H groups in total. The highest BCUT2D eigenvalue weighted by atomic mass is 32.2. The van der Waals surface area contributed by atoms with Crippen molar-refractivity contribution in [1.82, 2.24) is 15.0 Å². The van der Waals surface area contributed by atoms with E-state index in [0.29, 0.717) is 11.4 Å². The zero-order valence-corrected chi connectivity index (χ0v) is 17.6. The number of hydrogen-bond acceptors (Lipinski definition) is 5. The molecule has 3 rings (SSSR count). The molecule has 0 unspecified atom stereocenters. The van der Waals surface area contributed by atoms with E-state index in [9.17, 15) is 9.59 Å². The third-order valence-corrected chi connectivity index (χ3v) is 5.29. The standard InChI is InChI=1S/C21H23N5O2S/c1-13-7-5-8-14(2)19(13)23-21(28)20-15(3)26(25-24-20)12-18(27)22-16-9-6-10-17(11-16)29-4/h5-11H,12H2,1-4H3,(H,22,27)(H,23,28). The van der Waals surface area contributed by atoms with E-state index < -0.39 is 0 Å². The monoisotopic (exact) mass is 409 g/mol. The molecule has 2 amide bonds. The number of anilines is 2. The van der Waals surface area contributed by atoms with Gasteiger partial charge in [0, 0.05) is 16.3 Å². The first-order valence-electron chi connectivity index (χ1n) is 9.10. The van der Waals surface area contributed by atoms with Crippen molar-refractivity contribution < 1.29 is 9.59 Å². The van der Waals surface area contributed by atoms with Crippen LogP contribution in [-0.2, 0) is 11.3 Å². The topological polar surface area (TPSA) is 88.9 Å². The Balaban J connectivity index is 1.70. The third-order valence-electron chi connectivity index (χ3n) is 4.56. The van der Waals surface area contributed by atoms with Gasteiger partial charge in [-0.3, -0.25) is 9.59 Å². The van der Waals surface area contributed by atoms with Crippen LogP contribution in [0, 0.1) is 20.8 Å². The minimum atomic E-state index is -0.348. The second kappa shape index (κ2) is 8.91. The second-order valence-electron chi connectivity index (χ2n) is 6.68. The fourth-order valence-electron chi connectivity index (χ4n) is 2.94. The minimum Gasteiger partial charge on any atom is -0.324 e. The molecular formula is C21H23N5O2S. The van der Waals surface area contributed by atoms with E-state index in [2.05, 4.69) is 20.9 Å². The summed E-state index contributed by atoms with van der Waals surface area (Å²) in [6.45, 7) is 5.56. The molecule has 0 aliphatic rings. The van der Waals surface area contributed by atoms with Gasteiger partial charge in [-0.15, -0.1) is 16.9 Å².